The quantitative estimate of drug-likeness (QED) is 0.794. The minimum absolute atomic E-state index is 0.218. The third-order valence-electron chi connectivity index (χ3n) is 2.60. The molecule has 78 valence electrons. The number of rotatable bonds is 4. The van der Waals surface area contributed by atoms with E-state index < -0.39 is 0 Å². The Hall–Kier alpha value is -0.890. The largest absolute Gasteiger partial charge is 0.327 e. The Bertz CT molecular complexity index is 264. The molecule has 0 aromatic carbocycles. The van der Waals surface area contributed by atoms with Gasteiger partial charge in [0.05, 0.1) is 0 Å². The van der Waals surface area contributed by atoms with Gasteiger partial charge in [0, 0.05) is 24.4 Å². The molecule has 0 fully saturated rings. The summed E-state index contributed by atoms with van der Waals surface area (Å²) in [7, 11) is 0. The Kier molecular flexibility index (Phi) is 4.08. The third kappa shape index (κ3) is 3.11. The van der Waals surface area contributed by atoms with E-state index in [2.05, 4.69) is 37.9 Å². The average Bonchev–Trinajstić information content (AvgIpc) is 2.19. The minimum atomic E-state index is 0.218. The summed E-state index contributed by atoms with van der Waals surface area (Å²) in [6.45, 7) is 6.42. The van der Waals surface area contributed by atoms with E-state index in [-0.39, 0.29) is 6.04 Å². The van der Waals surface area contributed by atoms with Gasteiger partial charge in [-0.05, 0) is 24.0 Å². The first-order chi connectivity index (χ1) is 6.63. The molecule has 1 unspecified atom stereocenters. The zero-order valence-corrected chi connectivity index (χ0v) is 9.33. The molecule has 0 aliphatic carbocycles. The first-order valence-corrected chi connectivity index (χ1v) is 5.32. The summed E-state index contributed by atoms with van der Waals surface area (Å²) in [5.74, 6) is 0.516. The first-order valence-electron chi connectivity index (χ1n) is 5.32. The van der Waals surface area contributed by atoms with E-state index in [9.17, 15) is 0 Å². The average molecular weight is 192 g/mol. The first kappa shape index (κ1) is 11.2. The van der Waals surface area contributed by atoms with Gasteiger partial charge < -0.3 is 5.73 Å². The van der Waals surface area contributed by atoms with Crippen molar-refractivity contribution in [2.45, 2.75) is 39.7 Å². The van der Waals surface area contributed by atoms with Crippen molar-refractivity contribution in [1.29, 1.82) is 0 Å². The summed E-state index contributed by atoms with van der Waals surface area (Å²) in [4.78, 5) is 4.39. The highest BCUT2D eigenvalue weighted by atomic mass is 14.7. The molecule has 0 saturated heterocycles. The molecule has 0 saturated carbocycles. The maximum Gasteiger partial charge on any atom is 0.0419 e. The van der Waals surface area contributed by atoms with Crippen LogP contribution in [0.5, 0.6) is 0 Å². The second-order valence-corrected chi connectivity index (χ2v) is 4.12. The maximum absolute atomic E-state index is 5.98. The molecule has 1 atom stereocenters. The monoisotopic (exact) mass is 192 g/mol. The zero-order valence-electron chi connectivity index (χ0n) is 9.33. The van der Waals surface area contributed by atoms with Crippen molar-refractivity contribution >= 4 is 0 Å². The van der Waals surface area contributed by atoms with Crippen LogP contribution in [0.25, 0.3) is 0 Å². The molecule has 1 heterocycles. The lowest BCUT2D eigenvalue weighted by atomic mass is 10.00. The van der Waals surface area contributed by atoms with Gasteiger partial charge in [0.1, 0.15) is 0 Å². The molecule has 1 rings (SSSR count). The summed E-state index contributed by atoms with van der Waals surface area (Å²) in [6.07, 6.45) is 3.87. The minimum Gasteiger partial charge on any atom is -0.327 e. The standard InChI is InChI=1S/C12H20N2/c1-4-10-5-6-11(14-8-10)7-12(13)9(2)3/h5-6,8-9,12H,4,7,13H2,1-3H3. The van der Waals surface area contributed by atoms with Gasteiger partial charge in [0.15, 0.2) is 0 Å². The van der Waals surface area contributed by atoms with Gasteiger partial charge in [-0.2, -0.15) is 0 Å². The van der Waals surface area contributed by atoms with Crippen molar-refractivity contribution in [3.63, 3.8) is 0 Å². The normalized spacial score (nSPS) is 13.2. The lowest BCUT2D eigenvalue weighted by molar-refractivity contribution is 0.486. The van der Waals surface area contributed by atoms with E-state index in [0.29, 0.717) is 5.92 Å². The molecule has 0 bridgehead atoms. The molecule has 1 aromatic rings. The van der Waals surface area contributed by atoms with Gasteiger partial charge in [0.2, 0.25) is 0 Å². The highest BCUT2D eigenvalue weighted by Gasteiger charge is 2.08. The Morgan fingerprint density at radius 3 is 2.50 bits per heavy atom. The fourth-order valence-corrected chi connectivity index (χ4v) is 1.26. The molecule has 14 heavy (non-hydrogen) atoms. The maximum atomic E-state index is 5.98. The summed E-state index contributed by atoms with van der Waals surface area (Å²) in [5, 5.41) is 0. The number of pyridine rings is 1. The number of nitrogens with zero attached hydrogens (tertiary/aromatic N) is 1. The lowest BCUT2D eigenvalue weighted by Gasteiger charge is -2.14. The topological polar surface area (TPSA) is 38.9 Å². The van der Waals surface area contributed by atoms with Crippen LogP contribution in [-0.2, 0) is 12.8 Å². The summed E-state index contributed by atoms with van der Waals surface area (Å²) in [6, 6.07) is 4.44. The predicted molar refractivity (Wildman–Crippen MR) is 60.1 cm³/mol. The molecular formula is C12H20N2. The fraction of sp³-hybridized carbons (Fsp3) is 0.583. The van der Waals surface area contributed by atoms with Crippen LogP contribution in [0.1, 0.15) is 32.0 Å². The molecule has 2 nitrogen and oxygen atoms in total. The van der Waals surface area contributed by atoms with Gasteiger partial charge in [-0.1, -0.05) is 26.8 Å². The number of aromatic nitrogens is 1. The molecule has 2 N–H and O–H groups in total. The molecule has 1 aromatic heterocycles. The van der Waals surface area contributed by atoms with E-state index in [0.717, 1.165) is 18.5 Å². The molecular weight excluding hydrogens is 172 g/mol. The Balaban J connectivity index is 2.59. The van der Waals surface area contributed by atoms with Gasteiger partial charge in [-0.3, -0.25) is 4.98 Å². The Morgan fingerprint density at radius 1 is 1.36 bits per heavy atom. The van der Waals surface area contributed by atoms with Gasteiger partial charge >= 0.3 is 0 Å². The highest BCUT2D eigenvalue weighted by Crippen LogP contribution is 2.07. The second kappa shape index (κ2) is 5.11. The van der Waals surface area contributed by atoms with Crippen molar-refractivity contribution in [1.82, 2.24) is 4.98 Å². The Labute approximate surface area is 86.5 Å². The van der Waals surface area contributed by atoms with Crippen LogP contribution in [0.2, 0.25) is 0 Å². The van der Waals surface area contributed by atoms with E-state index in [4.69, 9.17) is 5.73 Å². The zero-order chi connectivity index (χ0) is 10.6. The van der Waals surface area contributed by atoms with Crippen molar-refractivity contribution in [3.8, 4) is 0 Å². The van der Waals surface area contributed by atoms with E-state index >= 15 is 0 Å². The molecule has 0 radical (unpaired) electrons. The van der Waals surface area contributed by atoms with Crippen LogP contribution in [0.4, 0.5) is 0 Å². The van der Waals surface area contributed by atoms with Gasteiger partial charge in [-0.25, -0.2) is 0 Å². The fourth-order valence-electron chi connectivity index (χ4n) is 1.26. The molecule has 0 aliphatic heterocycles. The second-order valence-electron chi connectivity index (χ2n) is 4.12. The van der Waals surface area contributed by atoms with Gasteiger partial charge in [0.25, 0.3) is 0 Å². The van der Waals surface area contributed by atoms with Crippen LogP contribution in [0.3, 0.4) is 0 Å². The SMILES string of the molecule is CCc1ccc(CC(N)C(C)C)nc1. The van der Waals surface area contributed by atoms with Crippen LogP contribution in [-0.4, -0.2) is 11.0 Å². The highest BCUT2D eigenvalue weighted by molar-refractivity contribution is 5.14. The summed E-state index contributed by atoms with van der Waals surface area (Å²) < 4.78 is 0. The van der Waals surface area contributed by atoms with E-state index in [1.165, 1.54) is 5.56 Å². The van der Waals surface area contributed by atoms with Crippen molar-refractivity contribution < 1.29 is 0 Å². The lowest BCUT2D eigenvalue weighted by Crippen LogP contribution is -2.29. The summed E-state index contributed by atoms with van der Waals surface area (Å²) >= 11 is 0. The van der Waals surface area contributed by atoms with Crippen LogP contribution in [0.15, 0.2) is 18.3 Å². The summed E-state index contributed by atoms with van der Waals surface area (Å²) in [5.41, 5.74) is 8.36. The smallest absolute Gasteiger partial charge is 0.0419 e. The van der Waals surface area contributed by atoms with Crippen molar-refractivity contribution in [2.75, 3.05) is 0 Å². The van der Waals surface area contributed by atoms with E-state index in [1.807, 2.05) is 6.20 Å². The van der Waals surface area contributed by atoms with E-state index in [1.54, 1.807) is 0 Å². The van der Waals surface area contributed by atoms with Crippen LogP contribution < -0.4 is 5.73 Å². The van der Waals surface area contributed by atoms with Crippen molar-refractivity contribution in [2.24, 2.45) is 11.7 Å². The number of hydrogen-bond donors (Lipinski definition) is 1. The number of aryl methyl sites for hydroxylation is 1. The molecule has 0 spiro atoms. The Morgan fingerprint density at radius 2 is 2.07 bits per heavy atom. The molecule has 0 aliphatic rings. The van der Waals surface area contributed by atoms with Crippen LogP contribution >= 0.6 is 0 Å². The number of nitrogens with two attached hydrogens (primary N) is 1. The van der Waals surface area contributed by atoms with Crippen molar-refractivity contribution in [3.05, 3.63) is 29.6 Å². The van der Waals surface area contributed by atoms with Gasteiger partial charge in [-0.15, -0.1) is 0 Å². The van der Waals surface area contributed by atoms with Crippen LogP contribution in [0, 0.1) is 5.92 Å². The number of hydrogen-bond acceptors (Lipinski definition) is 2. The third-order valence-corrected chi connectivity index (χ3v) is 2.60. The molecule has 2 heteroatoms. The predicted octanol–water partition coefficient (Wildman–Crippen LogP) is 2.17. The molecule has 0 amide bonds.